The third kappa shape index (κ3) is 4.02. The topological polar surface area (TPSA) is 0 Å². The summed E-state index contributed by atoms with van der Waals surface area (Å²) in [4.78, 5) is 0. The van der Waals surface area contributed by atoms with Gasteiger partial charge in [0.1, 0.15) is 0 Å². The third-order valence-corrected chi connectivity index (χ3v) is 8.82. The van der Waals surface area contributed by atoms with E-state index in [-0.39, 0.29) is 0 Å². The van der Waals surface area contributed by atoms with Crippen molar-refractivity contribution in [3.05, 3.63) is 128 Å². The molecule has 5 aromatic rings. The van der Waals surface area contributed by atoms with Gasteiger partial charge in [0.25, 0.3) is 0 Å². The second-order valence-electron chi connectivity index (χ2n) is 7.59. The molecule has 0 aliphatic rings. The van der Waals surface area contributed by atoms with Gasteiger partial charge < -0.3 is 0 Å². The predicted octanol–water partition coefficient (Wildman–Crippen LogP) is 9.56. The van der Waals surface area contributed by atoms with E-state index in [1.165, 1.54) is 51.6 Å². The first-order chi connectivity index (χ1) is 15.8. The van der Waals surface area contributed by atoms with Crippen LogP contribution in [0.4, 0.5) is 0 Å². The Balaban J connectivity index is 2.00. The van der Waals surface area contributed by atoms with Crippen LogP contribution in [0.25, 0.3) is 44.5 Å². The van der Waals surface area contributed by atoms with Crippen LogP contribution in [-0.2, 0) is 0 Å². The first-order valence-electron chi connectivity index (χ1n) is 10.5. The van der Waals surface area contributed by atoms with E-state index in [0.717, 1.165) is 0 Å². The highest BCUT2D eigenvalue weighted by atomic mass is 127. The van der Waals surface area contributed by atoms with Crippen LogP contribution in [0.15, 0.2) is 121 Å². The molecule has 5 aromatic carbocycles. The Morgan fingerprint density at radius 2 is 0.500 bits per heavy atom. The maximum atomic E-state index is 2.54. The van der Waals surface area contributed by atoms with Crippen molar-refractivity contribution in [3.8, 4) is 44.5 Å². The van der Waals surface area contributed by atoms with Crippen LogP contribution in [0, 0.1) is 7.14 Å². The Kier molecular flexibility index (Phi) is 6.42. The summed E-state index contributed by atoms with van der Waals surface area (Å²) in [5.74, 6) is 0. The van der Waals surface area contributed by atoms with E-state index in [1.54, 1.807) is 0 Å². The molecule has 0 heterocycles. The van der Waals surface area contributed by atoms with Gasteiger partial charge in [-0.1, -0.05) is 121 Å². The lowest BCUT2D eigenvalue weighted by Gasteiger charge is -2.24. The van der Waals surface area contributed by atoms with E-state index in [4.69, 9.17) is 0 Å². The molecule has 0 N–H and O–H groups in total. The Hall–Kier alpha value is -2.44. The highest BCUT2D eigenvalue weighted by Crippen LogP contribution is 2.50. The van der Waals surface area contributed by atoms with Crippen LogP contribution >= 0.6 is 45.2 Å². The maximum Gasteiger partial charge on any atom is 0.0355 e. The van der Waals surface area contributed by atoms with Crippen LogP contribution < -0.4 is 0 Å². The molecule has 5 rings (SSSR count). The lowest BCUT2D eigenvalue weighted by atomic mass is 9.83. The summed E-state index contributed by atoms with van der Waals surface area (Å²) in [5.41, 5.74) is 10.1. The fraction of sp³-hybridized carbons (Fsp3) is 0. The smallest absolute Gasteiger partial charge is 0.0355 e. The van der Waals surface area contributed by atoms with Gasteiger partial charge in [0.15, 0.2) is 0 Å². The summed E-state index contributed by atoms with van der Waals surface area (Å²) in [6, 6.07) is 43.2. The van der Waals surface area contributed by atoms with Crippen LogP contribution in [0.1, 0.15) is 0 Å². The maximum absolute atomic E-state index is 2.54. The zero-order valence-corrected chi connectivity index (χ0v) is 21.6. The van der Waals surface area contributed by atoms with Gasteiger partial charge in [-0.2, -0.15) is 0 Å². The summed E-state index contributed by atoms with van der Waals surface area (Å²) in [6.07, 6.45) is 0. The normalized spacial score (nSPS) is 10.8. The van der Waals surface area contributed by atoms with E-state index in [0.29, 0.717) is 0 Å². The number of benzene rings is 5. The van der Waals surface area contributed by atoms with Crippen molar-refractivity contribution >= 4 is 45.2 Å². The van der Waals surface area contributed by atoms with Gasteiger partial charge in [0.05, 0.1) is 0 Å². The van der Waals surface area contributed by atoms with E-state index < -0.39 is 0 Å². The first kappa shape index (κ1) is 21.4. The molecule has 0 aromatic heterocycles. The predicted molar refractivity (Wildman–Crippen MR) is 154 cm³/mol. The van der Waals surface area contributed by atoms with E-state index in [2.05, 4.69) is 167 Å². The molecule has 32 heavy (non-hydrogen) atoms. The zero-order chi connectivity index (χ0) is 21.9. The summed E-state index contributed by atoms with van der Waals surface area (Å²) in [5, 5.41) is 0. The lowest BCUT2D eigenvalue weighted by molar-refractivity contribution is 1.49. The average molecular weight is 634 g/mol. The third-order valence-electron chi connectivity index (χ3n) is 5.63. The standard InChI is InChI=1S/C30H20I2/c31-29-27(23-17-9-3-10-18-23)25(21-13-5-1-6-14-21)26(22-15-7-2-8-16-22)28(30(29)32)24-19-11-4-12-20-24/h1-20H. The quantitative estimate of drug-likeness (QED) is 0.173. The Morgan fingerprint density at radius 3 is 0.750 bits per heavy atom. The highest BCUT2D eigenvalue weighted by molar-refractivity contribution is 14.1. The molecular formula is C30H20I2. The Bertz CT molecular complexity index is 1240. The molecule has 0 fully saturated rings. The molecule has 0 radical (unpaired) electrons. The van der Waals surface area contributed by atoms with Crippen molar-refractivity contribution in [1.29, 1.82) is 0 Å². The molecule has 0 amide bonds. The van der Waals surface area contributed by atoms with Gasteiger partial charge in [-0.25, -0.2) is 0 Å². The van der Waals surface area contributed by atoms with Gasteiger partial charge in [-0.3, -0.25) is 0 Å². The summed E-state index contributed by atoms with van der Waals surface area (Å²) in [7, 11) is 0. The van der Waals surface area contributed by atoms with Crippen LogP contribution in [-0.4, -0.2) is 0 Å². The van der Waals surface area contributed by atoms with Crippen molar-refractivity contribution in [2.45, 2.75) is 0 Å². The van der Waals surface area contributed by atoms with Crippen molar-refractivity contribution in [2.24, 2.45) is 0 Å². The second-order valence-corrected chi connectivity index (χ2v) is 9.75. The minimum Gasteiger partial charge on any atom is -0.0622 e. The summed E-state index contributed by atoms with van der Waals surface area (Å²) in [6.45, 7) is 0. The van der Waals surface area contributed by atoms with Gasteiger partial charge >= 0.3 is 0 Å². The minimum absolute atomic E-state index is 1.23. The molecule has 154 valence electrons. The van der Waals surface area contributed by atoms with Crippen molar-refractivity contribution in [3.63, 3.8) is 0 Å². The van der Waals surface area contributed by atoms with Crippen molar-refractivity contribution < 1.29 is 0 Å². The number of hydrogen-bond donors (Lipinski definition) is 0. The zero-order valence-electron chi connectivity index (χ0n) is 17.3. The second kappa shape index (κ2) is 9.59. The molecule has 0 unspecified atom stereocenters. The lowest BCUT2D eigenvalue weighted by Crippen LogP contribution is -2.01. The fourth-order valence-electron chi connectivity index (χ4n) is 4.23. The van der Waals surface area contributed by atoms with Crippen LogP contribution in [0.5, 0.6) is 0 Å². The number of hydrogen-bond acceptors (Lipinski definition) is 0. The molecule has 0 aliphatic carbocycles. The SMILES string of the molecule is Ic1c(I)c(-c2ccccc2)c(-c2ccccc2)c(-c2ccccc2)c1-c1ccccc1. The van der Waals surface area contributed by atoms with Gasteiger partial charge in [-0.15, -0.1) is 0 Å². The monoisotopic (exact) mass is 634 g/mol. The average Bonchev–Trinajstić information content (AvgIpc) is 2.87. The molecule has 0 aliphatic heterocycles. The first-order valence-corrected chi connectivity index (χ1v) is 12.7. The van der Waals surface area contributed by atoms with E-state index >= 15 is 0 Å². The molecule has 0 bridgehead atoms. The molecule has 0 saturated carbocycles. The van der Waals surface area contributed by atoms with E-state index in [9.17, 15) is 0 Å². The molecule has 0 atom stereocenters. The Labute approximate surface area is 216 Å². The van der Waals surface area contributed by atoms with Crippen LogP contribution in [0.3, 0.4) is 0 Å². The molecule has 0 saturated heterocycles. The van der Waals surface area contributed by atoms with Gasteiger partial charge in [-0.05, 0) is 78.6 Å². The van der Waals surface area contributed by atoms with Crippen LogP contribution in [0.2, 0.25) is 0 Å². The number of rotatable bonds is 4. The summed E-state index contributed by atoms with van der Waals surface area (Å²) < 4.78 is 2.57. The summed E-state index contributed by atoms with van der Waals surface area (Å²) >= 11 is 5.08. The van der Waals surface area contributed by atoms with E-state index in [1.807, 2.05) is 0 Å². The van der Waals surface area contributed by atoms with Gasteiger partial charge in [0, 0.05) is 18.3 Å². The molecule has 0 nitrogen and oxygen atoms in total. The minimum atomic E-state index is 1.23. The molecular weight excluding hydrogens is 614 g/mol. The van der Waals surface area contributed by atoms with Crippen molar-refractivity contribution in [1.82, 2.24) is 0 Å². The van der Waals surface area contributed by atoms with Gasteiger partial charge in [0.2, 0.25) is 0 Å². The van der Waals surface area contributed by atoms with Crippen molar-refractivity contribution in [2.75, 3.05) is 0 Å². The number of halogens is 2. The largest absolute Gasteiger partial charge is 0.0622 e. The highest BCUT2D eigenvalue weighted by Gasteiger charge is 2.25. The molecule has 2 heteroatoms. The molecule has 0 spiro atoms. The Morgan fingerprint density at radius 1 is 0.281 bits per heavy atom. The fourth-order valence-corrected chi connectivity index (χ4v) is 5.93.